The lowest BCUT2D eigenvalue weighted by atomic mass is 9.95. The van der Waals surface area contributed by atoms with Crippen LogP contribution >= 0.6 is 0 Å². The fourth-order valence-corrected chi connectivity index (χ4v) is 2.39. The molecule has 108 valence electrons. The second-order valence-corrected chi connectivity index (χ2v) is 4.26. The van der Waals surface area contributed by atoms with Gasteiger partial charge in [-0.15, -0.1) is 0 Å². The number of carbonyl (C=O) groups excluding carboxylic acids is 1. The molecule has 0 aromatic heterocycles. The fourth-order valence-electron chi connectivity index (χ4n) is 2.39. The number of anilines is 1. The van der Waals surface area contributed by atoms with Crippen LogP contribution in [0.25, 0.3) is 0 Å². The quantitative estimate of drug-likeness (QED) is 0.773. The highest BCUT2D eigenvalue weighted by atomic mass is 16.5. The van der Waals surface area contributed by atoms with Gasteiger partial charge in [0.2, 0.25) is 0 Å². The molecule has 1 aliphatic rings. The number of likely N-dealkylation sites (N-methyl/N-ethyl adjacent to an activating group) is 1. The monoisotopic (exact) mass is 281 g/mol. The Morgan fingerprint density at radius 1 is 1.35 bits per heavy atom. The second kappa shape index (κ2) is 4.68. The number of aliphatic hydroxyl groups is 1. The minimum atomic E-state index is -2.59. The molecule has 0 fully saturated rings. The van der Waals surface area contributed by atoms with Crippen LogP contribution in [0, 0.1) is 0 Å². The summed E-state index contributed by atoms with van der Waals surface area (Å²) in [6.07, 6.45) is 0. The van der Waals surface area contributed by atoms with E-state index < -0.39 is 17.5 Å². The molecule has 0 saturated heterocycles. The molecule has 1 aromatic carbocycles. The van der Waals surface area contributed by atoms with E-state index in [1.165, 1.54) is 31.3 Å². The predicted molar refractivity (Wildman–Crippen MR) is 69.1 cm³/mol. The SMILES string of the molecule is CCN1C(=O)C(O)(C(=O)O)c2ccc(OC)c(OC)c21. The Hall–Kier alpha value is -2.28. The zero-order valence-electron chi connectivity index (χ0n) is 11.3. The number of fused-ring (bicyclic) bond motifs is 1. The first-order valence-corrected chi connectivity index (χ1v) is 5.96. The molecule has 0 saturated carbocycles. The molecule has 2 rings (SSSR count). The van der Waals surface area contributed by atoms with Gasteiger partial charge in [-0.1, -0.05) is 0 Å². The maximum Gasteiger partial charge on any atom is 0.350 e. The number of carboxylic acids is 1. The standard InChI is InChI=1S/C13H15NO6/c1-4-14-9-7(13(18,11(14)15)12(16)17)5-6-8(19-2)10(9)20-3/h5-6,18H,4H2,1-3H3,(H,16,17). The molecule has 7 heteroatoms. The molecule has 1 aliphatic heterocycles. The molecule has 1 unspecified atom stereocenters. The van der Waals surface area contributed by atoms with Gasteiger partial charge >= 0.3 is 5.97 Å². The summed E-state index contributed by atoms with van der Waals surface area (Å²) in [6, 6.07) is 2.82. The van der Waals surface area contributed by atoms with Crippen molar-refractivity contribution in [3.63, 3.8) is 0 Å². The molecular formula is C13H15NO6. The van der Waals surface area contributed by atoms with Crippen LogP contribution in [0.3, 0.4) is 0 Å². The van der Waals surface area contributed by atoms with Crippen LogP contribution in [0.2, 0.25) is 0 Å². The number of aliphatic carboxylic acids is 1. The number of ether oxygens (including phenoxy) is 2. The van der Waals surface area contributed by atoms with Crippen molar-refractivity contribution in [3.8, 4) is 11.5 Å². The van der Waals surface area contributed by atoms with Gasteiger partial charge in [-0.25, -0.2) is 4.79 Å². The summed E-state index contributed by atoms with van der Waals surface area (Å²) < 4.78 is 10.3. The number of benzene rings is 1. The summed E-state index contributed by atoms with van der Waals surface area (Å²) in [7, 11) is 2.81. The van der Waals surface area contributed by atoms with Crippen molar-refractivity contribution >= 4 is 17.6 Å². The average Bonchev–Trinajstić information content (AvgIpc) is 2.67. The van der Waals surface area contributed by atoms with E-state index in [-0.39, 0.29) is 23.5 Å². The lowest BCUT2D eigenvalue weighted by Gasteiger charge is -2.19. The Balaban J connectivity index is 2.80. The maximum absolute atomic E-state index is 12.2. The lowest BCUT2D eigenvalue weighted by Crippen LogP contribution is -2.46. The van der Waals surface area contributed by atoms with E-state index in [1.54, 1.807) is 6.92 Å². The molecule has 7 nitrogen and oxygen atoms in total. The van der Waals surface area contributed by atoms with Crippen LogP contribution in [0.5, 0.6) is 11.5 Å². The number of methoxy groups -OCH3 is 2. The number of hydrogen-bond donors (Lipinski definition) is 2. The Labute approximate surface area is 115 Å². The zero-order valence-corrected chi connectivity index (χ0v) is 11.3. The number of nitrogens with zero attached hydrogens (tertiary/aromatic N) is 1. The normalized spacial score (nSPS) is 20.8. The van der Waals surface area contributed by atoms with Crippen LogP contribution in [-0.2, 0) is 15.2 Å². The van der Waals surface area contributed by atoms with Crippen molar-refractivity contribution in [3.05, 3.63) is 17.7 Å². The molecule has 1 amide bonds. The number of hydrogen-bond acceptors (Lipinski definition) is 5. The van der Waals surface area contributed by atoms with Gasteiger partial charge in [0.05, 0.1) is 19.9 Å². The molecule has 1 heterocycles. The average molecular weight is 281 g/mol. The smallest absolute Gasteiger partial charge is 0.350 e. The van der Waals surface area contributed by atoms with Gasteiger partial charge < -0.3 is 24.6 Å². The summed E-state index contributed by atoms with van der Waals surface area (Å²) in [5.74, 6) is -1.95. The van der Waals surface area contributed by atoms with E-state index >= 15 is 0 Å². The van der Waals surface area contributed by atoms with Crippen LogP contribution in [-0.4, -0.2) is 42.9 Å². The van der Waals surface area contributed by atoms with E-state index in [0.717, 1.165) is 0 Å². The molecular weight excluding hydrogens is 266 g/mol. The number of amides is 1. The Morgan fingerprint density at radius 2 is 2.00 bits per heavy atom. The lowest BCUT2D eigenvalue weighted by molar-refractivity contribution is -0.165. The van der Waals surface area contributed by atoms with E-state index in [2.05, 4.69) is 0 Å². The van der Waals surface area contributed by atoms with Crippen molar-refractivity contribution in [1.82, 2.24) is 0 Å². The van der Waals surface area contributed by atoms with Crippen molar-refractivity contribution in [2.45, 2.75) is 12.5 Å². The summed E-state index contributed by atoms with van der Waals surface area (Å²) in [5.41, 5.74) is -2.39. The summed E-state index contributed by atoms with van der Waals surface area (Å²) in [4.78, 5) is 24.7. The van der Waals surface area contributed by atoms with Gasteiger partial charge in [0.1, 0.15) is 0 Å². The summed E-state index contributed by atoms with van der Waals surface area (Å²) >= 11 is 0. The van der Waals surface area contributed by atoms with Gasteiger partial charge in [0.25, 0.3) is 11.5 Å². The third-order valence-corrected chi connectivity index (χ3v) is 3.36. The third-order valence-electron chi connectivity index (χ3n) is 3.36. The zero-order chi connectivity index (χ0) is 15.1. The minimum absolute atomic E-state index is 0.0190. The number of rotatable bonds is 4. The first-order valence-electron chi connectivity index (χ1n) is 5.96. The first kappa shape index (κ1) is 14.1. The molecule has 1 aromatic rings. The third kappa shape index (κ3) is 1.56. The Morgan fingerprint density at radius 3 is 2.45 bits per heavy atom. The first-order chi connectivity index (χ1) is 9.43. The highest BCUT2D eigenvalue weighted by Gasteiger charge is 2.57. The van der Waals surface area contributed by atoms with Crippen LogP contribution < -0.4 is 14.4 Å². The van der Waals surface area contributed by atoms with Crippen molar-refractivity contribution < 1.29 is 29.3 Å². The van der Waals surface area contributed by atoms with Crippen molar-refractivity contribution in [1.29, 1.82) is 0 Å². The topological polar surface area (TPSA) is 96.3 Å². The van der Waals surface area contributed by atoms with E-state index in [9.17, 15) is 19.8 Å². The van der Waals surface area contributed by atoms with Gasteiger partial charge in [0.15, 0.2) is 11.5 Å². The highest BCUT2D eigenvalue weighted by molar-refractivity contribution is 6.19. The Kier molecular flexibility index (Phi) is 3.31. The summed E-state index contributed by atoms with van der Waals surface area (Å²) in [6.45, 7) is 1.87. The van der Waals surface area contributed by atoms with Crippen molar-refractivity contribution in [2.75, 3.05) is 25.7 Å². The molecule has 0 aliphatic carbocycles. The van der Waals surface area contributed by atoms with E-state index in [1.807, 2.05) is 0 Å². The van der Waals surface area contributed by atoms with Crippen LogP contribution in [0.4, 0.5) is 5.69 Å². The molecule has 0 radical (unpaired) electrons. The van der Waals surface area contributed by atoms with Crippen LogP contribution in [0.15, 0.2) is 12.1 Å². The Bertz CT molecular complexity index is 584. The molecule has 2 N–H and O–H groups in total. The van der Waals surface area contributed by atoms with Gasteiger partial charge in [-0.05, 0) is 19.1 Å². The summed E-state index contributed by atoms with van der Waals surface area (Å²) in [5, 5.41) is 19.5. The number of carboxylic acid groups (broad SMARTS) is 1. The van der Waals surface area contributed by atoms with E-state index in [0.29, 0.717) is 5.75 Å². The van der Waals surface area contributed by atoms with E-state index in [4.69, 9.17) is 9.47 Å². The van der Waals surface area contributed by atoms with Gasteiger partial charge in [-0.3, -0.25) is 4.79 Å². The van der Waals surface area contributed by atoms with Crippen molar-refractivity contribution in [2.24, 2.45) is 0 Å². The molecule has 0 spiro atoms. The number of carbonyl (C=O) groups is 2. The largest absolute Gasteiger partial charge is 0.493 e. The fraction of sp³-hybridized carbons (Fsp3) is 0.385. The highest BCUT2D eigenvalue weighted by Crippen LogP contribution is 2.49. The predicted octanol–water partition coefficient (Wildman–Crippen LogP) is 0.342. The van der Waals surface area contributed by atoms with Gasteiger partial charge in [-0.2, -0.15) is 0 Å². The molecule has 0 bridgehead atoms. The molecule has 20 heavy (non-hydrogen) atoms. The maximum atomic E-state index is 12.2. The molecule has 1 atom stereocenters. The van der Waals surface area contributed by atoms with Gasteiger partial charge in [0, 0.05) is 12.1 Å². The van der Waals surface area contributed by atoms with Crippen LogP contribution in [0.1, 0.15) is 12.5 Å². The minimum Gasteiger partial charge on any atom is -0.493 e. The second-order valence-electron chi connectivity index (χ2n) is 4.26.